The third-order valence-corrected chi connectivity index (χ3v) is 2.85. The summed E-state index contributed by atoms with van der Waals surface area (Å²) in [5, 5.41) is 5.36. The Hall–Kier alpha value is -2.23. The van der Waals surface area contributed by atoms with Gasteiger partial charge in [0, 0.05) is 23.7 Å². The van der Waals surface area contributed by atoms with Gasteiger partial charge in [-0.2, -0.15) is 5.10 Å². The van der Waals surface area contributed by atoms with Crippen LogP contribution >= 0.6 is 0 Å². The monoisotopic (exact) mass is 224 g/mol. The molecular formula is C13H12N4. The van der Waals surface area contributed by atoms with E-state index in [1.807, 2.05) is 30.9 Å². The van der Waals surface area contributed by atoms with Crippen LogP contribution in [0, 0.1) is 6.92 Å². The molecule has 0 aliphatic rings. The van der Waals surface area contributed by atoms with Gasteiger partial charge in [0.15, 0.2) is 0 Å². The Bertz CT molecular complexity index is 685. The molecular weight excluding hydrogens is 212 g/mol. The van der Waals surface area contributed by atoms with Crippen molar-refractivity contribution in [3.05, 3.63) is 42.5 Å². The van der Waals surface area contributed by atoms with Crippen molar-refractivity contribution in [2.24, 2.45) is 7.05 Å². The average molecular weight is 224 g/mol. The van der Waals surface area contributed by atoms with Gasteiger partial charge in [0.05, 0.1) is 17.4 Å². The van der Waals surface area contributed by atoms with Crippen LogP contribution in [-0.4, -0.2) is 19.7 Å². The zero-order valence-electron chi connectivity index (χ0n) is 9.75. The molecule has 0 saturated heterocycles. The summed E-state index contributed by atoms with van der Waals surface area (Å²) in [5.74, 6) is 0. The summed E-state index contributed by atoms with van der Waals surface area (Å²) in [4.78, 5) is 8.39. The number of fused-ring (bicyclic) bond motifs is 1. The molecule has 0 fully saturated rings. The van der Waals surface area contributed by atoms with E-state index in [1.54, 1.807) is 6.33 Å². The normalized spacial score (nSPS) is 10.9. The zero-order chi connectivity index (χ0) is 11.8. The topological polar surface area (TPSA) is 43.6 Å². The van der Waals surface area contributed by atoms with Crippen molar-refractivity contribution in [3.63, 3.8) is 0 Å². The van der Waals surface area contributed by atoms with Crippen LogP contribution in [0.25, 0.3) is 22.2 Å². The summed E-state index contributed by atoms with van der Waals surface area (Å²) in [5.41, 5.74) is 4.14. The lowest BCUT2D eigenvalue weighted by Gasteiger charge is -2.02. The SMILES string of the molecule is Cc1cc(-c2ccc3c(cnn3C)c2)ncn1. The Morgan fingerprint density at radius 3 is 2.82 bits per heavy atom. The Kier molecular flexibility index (Phi) is 2.14. The van der Waals surface area contributed by atoms with E-state index in [9.17, 15) is 0 Å². The fourth-order valence-electron chi connectivity index (χ4n) is 1.94. The molecule has 0 bridgehead atoms. The van der Waals surface area contributed by atoms with Crippen molar-refractivity contribution in [1.82, 2.24) is 19.7 Å². The summed E-state index contributed by atoms with van der Waals surface area (Å²) < 4.78 is 1.87. The minimum Gasteiger partial charge on any atom is -0.268 e. The smallest absolute Gasteiger partial charge is 0.116 e. The molecule has 0 aliphatic carbocycles. The lowest BCUT2D eigenvalue weighted by molar-refractivity contribution is 0.797. The van der Waals surface area contributed by atoms with E-state index in [-0.39, 0.29) is 0 Å². The number of aryl methyl sites for hydroxylation is 2. The predicted octanol–water partition coefficient (Wildman–Crippen LogP) is 2.34. The van der Waals surface area contributed by atoms with Gasteiger partial charge in [0.25, 0.3) is 0 Å². The number of nitrogens with zero attached hydrogens (tertiary/aromatic N) is 4. The standard InChI is InChI=1S/C13H12N4/c1-9-5-12(15-8-14-9)10-3-4-13-11(6-10)7-16-17(13)2/h3-8H,1-2H3. The lowest BCUT2D eigenvalue weighted by atomic mass is 10.1. The van der Waals surface area contributed by atoms with Crippen LogP contribution in [0.3, 0.4) is 0 Å². The Balaban J connectivity index is 2.18. The maximum atomic E-state index is 4.29. The van der Waals surface area contributed by atoms with Gasteiger partial charge in [0.2, 0.25) is 0 Å². The molecule has 0 N–H and O–H groups in total. The van der Waals surface area contributed by atoms with Crippen LogP contribution < -0.4 is 0 Å². The quantitative estimate of drug-likeness (QED) is 0.637. The average Bonchev–Trinajstić information content (AvgIpc) is 2.71. The Morgan fingerprint density at radius 1 is 1.12 bits per heavy atom. The second kappa shape index (κ2) is 3.66. The first-order chi connectivity index (χ1) is 8.24. The van der Waals surface area contributed by atoms with Crippen molar-refractivity contribution < 1.29 is 0 Å². The van der Waals surface area contributed by atoms with E-state index in [2.05, 4.69) is 33.3 Å². The van der Waals surface area contributed by atoms with Crippen LogP contribution in [0.5, 0.6) is 0 Å². The molecule has 1 aromatic carbocycles. The third-order valence-electron chi connectivity index (χ3n) is 2.85. The number of benzene rings is 1. The number of hydrogen-bond donors (Lipinski definition) is 0. The first kappa shape index (κ1) is 9.96. The van der Waals surface area contributed by atoms with E-state index in [0.29, 0.717) is 0 Å². The van der Waals surface area contributed by atoms with Gasteiger partial charge in [-0.1, -0.05) is 6.07 Å². The molecule has 2 heterocycles. The van der Waals surface area contributed by atoms with Gasteiger partial charge < -0.3 is 0 Å². The van der Waals surface area contributed by atoms with E-state index < -0.39 is 0 Å². The first-order valence-corrected chi connectivity index (χ1v) is 5.45. The van der Waals surface area contributed by atoms with Crippen molar-refractivity contribution in [2.75, 3.05) is 0 Å². The molecule has 84 valence electrons. The highest BCUT2D eigenvalue weighted by Crippen LogP contribution is 2.22. The van der Waals surface area contributed by atoms with E-state index in [0.717, 1.165) is 27.9 Å². The van der Waals surface area contributed by atoms with Gasteiger partial charge in [-0.05, 0) is 25.1 Å². The summed E-state index contributed by atoms with van der Waals surface area (Å²) in [6.45, 7) is 1.97. The first-order valence-electron chi connectivity index (χ1n) is 5.45. The number of hydrogen-bond acceptors (Lipinski definition) is 3. The fraction of sp³-hybridized carbons (Fsp3) is 0.154. The third kappa shape index (κ3) is 1.67. The second-order valence-corrected chi connectivity index (χ2v) is 4.09. The molecule has 3 rings (SSSR count). The van der Waals surface area contributed by atoms with Gasteiger partial charge in [-0.25, -0.2) is 9.97 Å². The number of rotatable bonds is 1. The molecule has 4 nitrogen and oxygen atoms in total. The largest absolute Gasteiger partial charge is 0.268 e. The fourth-order valence-corrected chi connectivity index (χ4v) is 1.94. The van der Waals surface area contributed by atoms with Gasteiger partial charge in [-0.15, -0.1) is 0 Å². The molecule has 17 heavy (non-hydrogen) atoms. The molecule has 2 aromatic heterocycles. The summed E-state index contributed by atoms with van der Waals surface area (Å²) in [6, 6.07) is 8.21. The molecule has 0 amide bonds. The molecule has 0 aliphatic heterocycles. The van der Waals surface area contributed by atoms with E-state index in [4.69, 9.17) is 0 Å². The van der Waals surface area contributed by atoms with Crippen LogP contribution in [0.2, 0.25) is 0 Å². The van der Waals surface area contributed by atoms with Gasteiger partial charge in [-0.3, -0.25) is 4.68 Å². The molecule has 0 atom stereocenters. The van der Waals surface area contributed by atoms with Gasteiger partial charge in [0.1, 0.15) is 6.33 Å². The molecule has 0 radical (unpaired) electrons. The minimum atomic E-state index is 0.947. The highest BCUT2D eigenvalue weighted by atomic mass is 15.2. The van der Waals surface area contributed by atoms with Crippen molar-refractivity contribution in [1.29, 1.82) is 0 Å². The van der Waals surface area contributed by atoms with E-state index in [1.165, 1.54) is 0 Å². The maximum Gasteiger partial charge on any atom is 0.116 e. The van der Waals surface area contributed by atoms with Crippen LogP contribution in [0.4, 0.5) is 0 Å². The number of aromatic nitrogens is 4. The molecule has 0 unspecified atom stereocenters. The second-order valence-electron chi connectivity index (χ2n) is 4.09. The zero-order valence-corrected chi connectivity index (χ0v) is 9.75. The summed E-state index contributed by atoms with van der Waals surface area (Å²) in [6.07, 6.45) is 3.46. The summed E-state index contributed by atoms with van der Waals surface area (Å²) >= 11 is 0. The van der Waals surface area contributed by atoms with Crippen LogP contribution in [-0.2, 0) is 7.05 Å². The van der Waals surface area contributed by atoms with Gasteiger partial charge >= 0.3 is 0 Å². The highest BCUT2D eigenvalue weighted by Gasteiger charge is 2.04. The molecule has 3 aromatic rings. The highest BCUT2D eigenvalue weighted by molar-refractivity contribution is 5.83. The van der Waals surface area contributed by atoms with Crippen LogP contribution in [0.15, 0.2) is 36.8 Å². The van der Waals surface area contributed by atoms with Crippen molar-refractivity contribution in [2.45, 2.75) is 6.92 Å². The molecule has 0 saturated carbocycles. The Morgan fingerprint density at radius 2 is 2.00 bits per heavy atom. The van der Waals surface area contributed by atoms with E-state index >= 15 is 0 Å². The van der Waals surface area contributed by atoms with Crippen molar-refractivity contribution >= 4 is 10.9 Å². The Labute approximate surface area is 98.9 Å². The predicted molar refractivity (Wildman–Crippen MR) is 66.5 cm³/mol. The maximum absolute atomic E-state index is 4.29. The lowest BCUT2D eigenvalue weighted by Crippen LogP contribution is -1.90. The summed E-state index contributed by atoms with van der Waals surface area (Å²) in [7, 11) is 1.94. The molecule has 4 heteroatoms. The van der Waals surface area contributed by atoms with Crippen LogP contribution in [0.1, 0.15) is 5.69 Å². The minimum absolute atomic E-state index is 0.947. The van der Waals surface area contributed by atoms with Crippen molar-refractivity contribution in [3.8, 4) is 11.3 Å². The molecule has 0 spiro atoms.